The number of nitro groups is 1. The zero-order chi connectivity index (χ0) is 15.8. The molecule has 0 aromatic heterocycles. The Labute approximate surface area is 118 Å². The van der Waals surface area contributed by atoms with Gasteiger partial charge in [0, 0.05) is 11.6 Å². The summed E-state index contributed by atoms with van der Waals surface area (Å²) >= 11 is 0. The summed E-state index contributed by atoms with van der Waals surface area (Å²) in [4.78, 5) is 9.36. The van der Waals surface area contributed by atoms with Crippen molar-refractivity contribution in [2.45, 2.75) is 4.90 Å². The fraction of sp³-hybridized carbons (Fsp3) is 0. The van der Waals surface area contributed by atoms with E-state index in [0.29, 0.717) is 0 Å². The van der Waals surface area contributed by atoms with Crippen LogP contribution in [0.4, 0.5) is 14.5 Å². The van der Waals surface area contributed by atoms with E-state index in [2.05, 4.69) is 0 Å². The molecule has 0 fully saturated rings. The lowest BCUT2D eigenvalue weighted by Gasteiger charge is -2.06. The van der Waals surface area contributed by atoms with Crippen LogP contribution in [-0.4, -0.2) is 13.3 Å². The molecule has 0 saturated heterocycles. The number of nitrogens with two attached hydrogens (primary N) is 1. The predicted molar refractivity (Wildman–Crippen MR) is 69.8 cm³/mol. The van der Waals surface area contributed by atoms with Gasteiger partial charge in [0.15, 0.2) is 0 Å². The van der Waals surface area contributed by atoms with Crippen LogP contribution in [0, 0.1) is 21.7 Å². The minimum Gasteiger partial charge on any atom is -0.258 e. The topological polar surface area (TPSA) is 103 Å². The van der Waals surface area contributed by atoms with Gasteiger partial charge in [0.25, 0.3) is 0 Å². The average molecular weight is 314 g/mol. The fourth-order valence-electron chi connectivity index (χ4n) is 1.72. The Morgan fingerprint density at radius 1 is 1.05 bits per heavy atom. The summed E-state index contributed by atoms with van der Waals surface area (Å²) in [6, 6.07) is 5.49. The van der Waals surface area contributed by atoms with Crippen molar-refractivity contribution in [1.82, 2.24) is 0 Å². The van der Waals surface area contributed by atoms with E-state index < -0.39 is 32.3 Å². The van der Waals surface area contributed by atoms with Crippen LogP contribution in [0.25, 0.3) is 11.1 Å². The average Bonchev–Trinajstić information content (AvgIpc) is 2.38. The van der Waals surface area contributed by atoms with Gasteiger partial charge in [-0.1, -0.05) is 6.07 Å². The van der Waals surface area contributed by atoms with E-state index in [1.807, 2.05) is 0 Å². The highest BCUT2D eigenvalue weighted by molar-refractivity contribution is 7.89. The van der Waals surface area contributed by atoms with Gasteiger partial charge in [0.05, 0.1) is 9.82 Å². The van der Waals surface area contributed by atoms with Gasteiger partial charge in [0.2, 0.25) is 15.8 Å². The zero-order valence-corrected chi connectivity index (χ0v) is 11.1. The van der Waals surface area contributed by atoms with E-state index in [0.717, 1.165) is 36.4 Å². The van der Waals surface area contributed by atoms with Gasteiger partial charge < -0.3 is 0 Å². The highest BCUT2D eigenvalue weighted by Crippen LogP contribution is 2.29. The minimum absolute atomic E-state index is 0.0360. The van der Waals surface area contributed by atoms with Crippen LogP contribution < -0.4 is 5.14 Å². The summed E-state index contributed by atoms with van der Waals surface area (Å²) in [5.74, 6) is -1.89. The molecule has 110 valence electrons. The summed E-state index contributed by atoms with van der Waals surface area (Å²) in [6.07, 6.45) is 0. The van der Waals surface area contributed by atoms with E-state index in [1.165, 1.54) is 0 Å². The number of halogens is 2. The standard InChI is InChI=1S/C12H8F2N2O4S/c13-10-4-2-8(21(15,19)20)6-9(10)7-1-3-11(14)12(5-7)16(17)18/h1-6H,(H2,15,19,20). The van der Waals surface area contributed by atoms with E-state index >= 15 is 0 Å². The second kappa shape index (κ2) is 5.19. The van der Waals surface area contributed by atoms with Crippen LogP contribution in [-0.2, 0) is 10.0 Å². The highest BCUT2D eigenvalue weighted by atomic mass is 32.2. The first kappa shape index (κ1) is 15.0. The molecule has 0 atom stereocenters. The molecule has 6 nitrogen and oxygen atoms in total. The number of sulfonamides is 1. The van der Waals surface area contributed by atoms with Crippen molar-refractivity contribution in [2.24, 2.45) is 5.14 Å². The number of benzene rings is 2. The summed E-state index contributed by atoms with van der Waals surface area (Å²) in [7, 11) is -4.06. The number of nitrogens with zero attached hydrogens (tertiary/aromatic N) is 1. The summed E-state index contributed by atoms with van der Waals surface area (Å²) in [5, 5.41) is 15.6. The summed E-state index contributed by atoms with van der Waals surface area (Å²) in [6.45, 7) is 0. The Bertz CT molecular complexity index is 837. The highest BCUT2D eigenvalue weighted by Gasteiger charge is 2.18. The van der Waals surface area contributed by atoms with Crippen LogP contribution in [0.2, 0.25) is 0 Å². The Morgan fingerprint density at radius 2 is 1.67 bits per heavy atom. The number of rotatable bonds is 3. The van der Waals surface area contributed by atoms with Crippen molar-refractivity contribution in [3.8, 4) is 11.1 Å². The number of hydrogen-bond acceptors (Lipinski definition) is 4. The predicted octanol–water partition coefficient (Wildman–Crippen LogP) is 2.19. The second-order valence-corrected chi connectivity index (χ2v) is 5.67. The third kappa shape index (κ3) is 3.03. The fourth-order valence-corrected chi connectivity index (χ4v) is 2.26. The van der Waals surface area contributed by atoms with Gasteiger partial charge in [-0.05, 0) is 29.8 Å². The molecule has 0 aliphatic rings. The quantitative estimate of drug-likeness (QED) is 0.692. The maximum absolute atomic E-state index is 13.8. The Hall–Kier alpha value is -2.39. The lowest BCUT2D eigenvalue weighted by molar-refractivity contribution is -0.387. The SMILES string of the molecule is NS(=O)(=O)c1ccc(F)c(-c2ccc(F)c([N+](=O)[O-])c2)c1. The minimum atomic E-state index is -4.06. The lowest BCUT2D eigenvalue weighted by Crippen LogP contribution is -2.12. The van der Waals surface area contributed by atoms with Gasteiger partial charge in [-0.15, -0.1) is 0 Å². The van der Waals surface area contributed by atoms with Crippen molar-refractivity contribution in [2.75, 3.05) is 0 Å². The number of hydrogen-bond donors (Lipinski definition) is 1. The molecule has 2 aromatic rings. The molecule has 9 heteroatoms. The van der Waals surface area contributed by atoms with E-state index in [1.54, 1.807) is 0 Å². The first-order valence-electron chi connectivity index (χ1n) is 5.47. The summed E-state index contributed by atoms with van der Waals surface area (Å²) in [5.41, 5.74) is -1.11. The molecule has 21 heavy (non-hydrogen) atoms. The molecule has 2 aromatic carbocycles. The molecule has 0 radical (unpaired) electrons. The summed E-state index contributed by atoms with van der Waals surface area (Å²) < 4.78 is 49.5. The molecule has 0 aliphatic carbocycles. The van der Waals surface area contributed by atoms with Crippen LogP contribution in [0.3, 0.4) is 0 Å². The molecule has 0 unspecified atom stereocenters. The Morgan fingerprint density at radius 3 is 2.24 bits per heavy atom. The van der Waals surface area contributed by atoms with E-state index in [9.17, 15) is 27.3 Å². The molecule has 0 amide bonds. The number of nitro benzene ring substituents is 1. The molecule has 2 N–H and O–H groups in total. The van der Waals surface area contributed by atoms with Crippen LogP contribution >= 0.6 is 0 Å². The lowest BCUT2D eigenvalue weighted by atomic mass is 10.0. The third-order valence-electron chi connectivity index (χ3n) is 2.72. The molecular weight excluding hydrogens is 306 g/mol. The molecule has 0 spiro atoms. The van der Waals surface area contributed by atoms with E-state index in [-0.39, 0.29) is 16.0 Å². The Balaban J connectivity index is 2.67. The largest absolute Gasteiger partial charge is 0.305 e. The monoisotopic (exact) mass is 314 g/mol. The van der Waals surface area contributed by atoms with Crippen molar-refractivity contribution in [3.05, 3.63) is 58.1 Å². The molecular formula is C12H8F2N2O4S. The Kier molecular flexibility index (Phi) is 3.71. The smallest absolute Gasteiger partial charge is 0.258 e. The van der Waals surface area contributed by atoms with Crippen molar-refractivity contribution < 1.29 is 22.1 Å². The second-order valence-electron chi connectivity index (χ2n) is 4.11. The zero-order valence-electron chi connectivity index (χ0n) is 10.3. The van der Waals surface area contributed by atoms with Crippen molar-refractivity contribution in [3.63, 3.8) is 0 Å². The van der Waals surface area contributed by atoms with Crippen LogP contribution in [0.5, 0.6) is 0 Å². The molecule has 0 saturated carbocycles. The van der Waals surface area contributed by atoms with Crippen molar-refractivity contribution >= 4 is 15.7 Å². The molecule has 0 heterocycles. The maximum Gasteiger partial charge on any atom is 0.305 e. The first-order valence-corrected chi connectivity index (χ1v) is 7.01. The van der Waals surface area contributed by atoms with Crippen molar-refractivity contribution in [1.29, 1.82) is 0 Å². The third-order valence-corrected chi connectivity index (χ3v) is 3.63. The maximum atomic E-state index is 13.8. The van der Waals surface area contributed by atoms with Gasteiger partial charge in [-0.3, -0.25) is 10.1 Å². The van der Waals surface area contributed by atoms with Crippen LogP contribution in [0.1, 0.15) is 0 Å². The van der Waals surface area contributed by atoms with Crippen LogP contribution in [0.15, 0.2) is 41.3 Å². The van der Waals surface area contributed by atoms with Gasteiger partial charge in [-0.25, -0.2) is 17.9 Å². The first-order chi connectivity index (χ1) is 9.70. The van der Waals surface area contributed by atoms with Gasteiger partial charge in [-0.2, -0.15) is 4.39 Å². The van der Waals surface area contributed by atoms with E-state index in [4.69, 9.17) is 5.14 Å². The van der Waals surface area contributed by atoms with Gasteiger partial charge in [0.1, 0.15) is 5.82 Å². The number of primary sulfonamides is 1. The van der Waals surface area contributed by atoms with Gasteiger partial charge >= 0.3 is 5.69 Å². The molecule has 2 rings (SSSR count). The normalized spacial score (nSPS) is 11.4. The molecule has 0 aliphatic heterocycles. The molecule has 0 bridgehead atoms.